The number of carboxylic acid groups (broad SMARTS) is 1. The summed E-state index contributed by atoms with van der Waals surface area (Å²) in [7, 11) is 0. The summed E-state index contributed by atoms with van der Waals surface area (Å²) in [6, 6.07) is 6.45. The minimum Gasteiger partial charge on any atom is -0.480 e. The van der Waals surface area contributed by atoms with Gasteiger partial charge < -0.3 is 10.0 Å². The first-order valence-corrected chi connectivity index (χ1v) is 7.58. The summed E-state index contributed by atoms with van der Waals surface area (Å²) in [5, 5.41) is 12.9. The monoisotopic (exact) mass is 366 g/mol. The zero-order valence-electron chi connectivity index (χ0n) is 11.7. The van der Waals surface area contributed by atoms with E-state index in [9.17, 15) is 14.7 Å². The quantitative estimate of drug-likeness (QED) is 0.474. The fraction of sp³-hybridized carbons (Fsp3) is 0.429. The first-order valence-electron chi connectivity index (χ1n) is 6.79. The Bertz CT molecular complexity index is 630. The van der Waals surface area contributed by atoms with Crippen molar-refractivity contribution in [1.82, 2.24) is 4.90 Å². The number of halogens is 1. The number of azide groups is 1. The SMILES string of the molecule is [N-]=[N+]=NCC1CC(=O)N(C(Cc2cccc(Br)c2)C(=O)O)C1. The van der Waals surface area contributed by atoms with E-state index in [0.29, 0.717) is 6.54 Å². The number of amides is 1. The van der Waals surface area contributed by atoms with Gasteiger partial charge in [-0.15, -0.1) is 0 Å². The lowest BCUT2D eigenvalue weighted by Crippen LogP contribution is -2.43. The van der Waals surface area contributed by atoms with Crippen LogP contribution in [0.5, 0.6) is 0 Å². The molecule has 7 nitrogen and oxygen atoms in total. The van der Waals surface area contributed by atoms with E-state index in [-0.39, 0.29) is 31.2 Å². The van der Waals surface area contributed by atoms with E-state index >= 15 is 0 Å². The molecule has 2 unspecified atom stereocenters. The maximum absolute atomic E-state index is 12.1. The zero-order valence-corrected chi connectivity index (χ0v) is 13.3. The molecule has 0 aromatic heterocycles. The molecule has 1 aliphatic rings. The highest BCUT2D eigenvalue weighted by atomic mass is 79.9. The number of carboxylic acids is 1. The van der Waals surface area contributed by atoms with E-state index in [1.165, 1.54) is 4.90 Å². The van der Waals surface area contributed by atoms with Crippen LogP contribution in [-0.2, 0) is 16.0 Å². The van der Waals surface area contributed by atoms with Crippen LogP contribution in [0.2, 0.25) is 0 Å². The highest BCUT2D eigenvalue weighted by molar-refractivity contribution is 9.10. The van der Waals surface area contributed by atoms with Gasteiger partial charge in [-0.25, -0.2) is 4.79 Å². The van der Waals surface area contributed by atoms with Gasteiger partial charge in [0.25, 0.3) is 0 Å². The van der Waals surface area contributed by atoms with Crippen molar-refractivity contribution in [2.75, 3.05) is 13.1 Å². The second-order valence-corrected chi connectivity index (χ2v) is 6.13. The predicted molar refractivity (Wildman–Crippen MR) is 83.1 cm³/mol. The number of carbonyl (C=O) groups is 2. The number of aliphatic carboxylic acids is 1. The predicted octanol–water partition coefficient (Wildman–Crippen LogP) is 2.60. The molecule has 1 saturated heterocycles. The van der Waals surface area contributed by atoms with Gasteiger partial charge in [0.05, 0.1) is 0 Å². The van der Waals surface area contributed by atoms with Crippen LogP contribution in [0.25, 0.3) is 10.4 Å². The number of carbonyl (C=O) groups excluding carboxylic acids is 1. The summed E-state index contributed by atoms with van der Waals surface area (Å²) in [5.74, 6) is -1.36. The molecule has 116 valence electrons. The minimum atomic E-state index is -1.03. The molecule has 1 amide bonds. The Morgan fingerprint density at radius 1 is 1.59 bits per heavy atom. The number of nitrogens with zero attached hydrogens (tertiary/aromatic N) is 4. The van der Waals surface area contributed by atoms with E-state index in [0.717, 1.165) is 10.0 Å². The average molecular weight is 367 g/mol. The van der Waals surface area contributed by atoms with Crippen LogP contribution in [0.1, 0.15) is 12.0 Å². The summed E-state index contributed by atoms with van der Waals surface area (Å²) >= 11 is 3.35. The highest BCUT2D eigenvalue weighted by Gasteiger charge is 2.37. The summed E-state index contributed by atoms with van der Waals surface area (Å²) < 4.78 is 0.864. The van der Waals surface area contributed by atoms with Crippen LogP contribution in [0.3, 0.4) is 0 Å². The van der Waals surface area contributed by atoms with Gasteiger partial charge in [-0.3, -0.25) is 4.79 Å². The van der Waals surface area contributed by atoms with E-state index in [1.807, 2.05) is 24.3 Å². The number of hydrogen-bond acceptors (Lipinski definition) is 3. The number of rotatable bonds is 6. The molecule has 0 spiro atoms. The van der Waals surface area contributed by atoms with Gasteiger partial charge >= 0.3 is 5.97 Å². The minimum absolute atomic E-state index is 0.118. The Kier molecular flexibility index (Phi) is 5.41. The van der Waals surface area contributed by atoms with E-state index in [1.54, 1.807) is 0 Å². The van der Waals surface area contributed by atoms with Crippen molar-refractivity contribution in [3.8, 4) is 0 Å². The van der Waals surface area contributed by atoms with Gasteiger partial charge in [-0.1, -0.05) is 33.2 Å². The second-order valence-electron chi connectivity index (χ2n) is 5.22. The molecule has 0 bridgehead atoms. The number of hydrogen-bond donors (Lipinski definition) is 1. The molecule has 2 atom stereocenters. The highest BCUT2D eigenvalue weighted by Crippen LogP contribution is 2.23. The van der Waals surface area contributed by atoms with Crippen molar-refractivity contribution in [3.63, 3.8) is 0 Å². The fourth-order valence-electron chi connectivity index (χ4n) is 2.60. The lowest BCUT2D eigenvalue weighted by molar-refractivity contribution is -0.148. The molecular formula is C14H15BrN4O3. The number of likely N-dealkylation sites (tertiary alicyclic amines) is 1. The van der Waals surface area contributed by atoms with Crippen molar-refractivity contribution < 1.29 is 14.7 Å². The lowest BCUT2D eigenvalue weighted by Gasteiger charge is -2.24. The van der Waals surface area contributed by atoms with Crippen molar-refractivity contribution >= 4 is 27.8 Å². The molecule has 2 rings (SSSR count). The van der Waals surface area contributed by atoms with Gasteiger partial charge in [0.1, 0.15) is 6.04 Å². The smallest absolute Gasteiger partial charge is 0.326 e. The summed E-state index contributed by atoms with van der Waals surface area (Å²) in [6.45, 7) is 0.519. The van der Waals surface area contributed by atoms with Crippen LogP contribution in [0, 0.1) is 5.92 Å². The largest absolute Gasteiger partial charge is 0.480 e. The molecule has 0 saturated carbocycles. The van der Waals surface area contributed by atoms with Gasteiger partial charge in [0, 0.05) is 35.3 Å². The normalized spacial score (nSPS) is 18.9. The summed E-state index contributed by atoms with van der Waals surface area (Å²) in [4.78, 5) is 27.7. The maximum atomic E-state index is 12.1. The third kappa shape index (κ3) is 3.99. The van der Waals surface area contributed by atoms with Crippen LogP contribution in [0.15, 0.2) is 33.9 Å². The van der Waals surface area contributed by atoms with Gasteiger partial charge in [-0.05, 0) is 29.1 Å². The lowest BCUT2D eigenvalue weighted by atomic mass is 10.0. The Labute approximate surface area is 135 Å². The molecule has 1 N–H and O–H groups in total. The van der Waals surface area contributed by atoms with Crippen LogP contribution >= 0.6 is 15.9 Å². The number of benzene rings is 1. The Balaban J connectivity index is 2.12. The molecule has 0 radical (unpaired) electrons. The first kappa shape index (κ1) is 16.3. The van der Waals surface area contributed by atoms with Crippen molar-refractivity contribution in [1.29, 1.82) is 0 Å². The molecular weight excluding hydrogens is 352 g/mol. The molecule has 8 heteroatoms. The third-order valence-electron chi connectivity index (χ3n) is 3.62. The van der Waals surface area contributed by atoms with Crippen LogP contribution in [0.4, 0.5) is 0 Å². The Hall–Kier alpha value is -2.05. The maximum Gasteiger partial charge on any atom is 0.326 e. The van der Waals surface area contributed by atoms with E-state index in [4.69, 9.17) is 5.53 Å². The molecule has 0 aliphatic carbocycles. The average Bonchev–Trinajstić information content (AvgIpc) is 2.83. The van der Waals surface area contributed by atoms with Crippen LogP contribution in [-0.4, -0.2) is 41.0 Å². The molecule has 1 aliphatic heterocycles. The Morgan fingerprint density at radius 2 is 2.36 bits per heavy atom. The molecule has 1 aromatic carbocycles. The fourth-order valence-corrected chi connectivity index (χ4v) is 3.05. The first-order chi connectivity index (χ1) is 10.5. The Morgan fingerprint density at radius 3 is 3.00 bits per heavy atom. The third-order valence-corrected chi connectivity index (χ3v) is 4.11. The van der Waals surface area contributed by atoms with Gasteiger partial charge in [-0.2, -0.15) is 0 Å². The molecule has 1 fully saturated rings. The van der Waals surface area contributed by atoms with Crippen molar-refractivity contribution in [3.05, 3.63) is 44.7 Å². The van der Waals surface area contributed by atoms with Gasteiger partial charge in [0.2, 0.25) is 5.91 Å². The molecule has 1 heterocycles. The van der Waals surface area contributed by atoms with Crippen molar-refractivity contribution in [2.24, 2.45) is 11.0 Å². The summed E-state index contributed by atoms with van der Waals surface area (Å²) in [5.41, 5.74) is 9.18. The zero-order chi connectivity index (χ0) is 16.1. The molecule has 1 aromatic rings. The standard InChI is InChI=1S/C14H15BrN4O3/c15-11-3-1-2-9(4-11)5-12(14(21)22)19-8-10(6-13(19)20)7-17-18-16/h1-4,10,12H,5-8H2,(H,21,22). The van der Waals surface area contributed by atoms with Crippen molar-refractivity contribution in [2.45, 2.75) is 18.9 Å². The van der Waals surface area contributed by atoms with Crippen LogP contribution < -0.4 is 0 Å². The van der Waals surface area contributed by atoms with Gasteiger partial charge in [0.15, 0.2) is 0 Å². The van der Waals surface area contributed by atoms with E-state index < -0.39 is 12.0 Å². The molecule has 22 heavy (non-hydrogen) atoms. The van der Waals surface area contributed by atoms with E-state index in [2.05, 4.69) is 26.0 Å². The topological polar surface area (TPSA) is 106 Å². The second kappa shape index (κ2) is 7.29. The summed E-state index contributed by atoms with van der Waals surface area (Å²) in [6.07, 6.45) is 0.468.